The van der Waals surface area contributed by atoms with Gasteiger partial charge in [0.05, 0.1) is 18.8 Å². The maximum atomic E-state index is 12.6. The SMILES string of the molecule is CCCCCCCCCCCCC/C=C/[C@@H](O)[C@H](COP(=O)(O)OC)NC(=O)CCCCCCCCCCCCCCC.N. The van der Waals surface area contributed by atoms with Crippen molar-refractivity contribution in [3.8, 4) is 0 Å². The van der Waals surface area contributed by atoms with Crippen molar-refractivity contribution in [3.63, 3.8) is 0 Å². The Labute approximate surface area is 272 Å². The van der Waals surface area contributed by atoms with Crippen LogP contribution < -0.4 is 11.5 Å². The van der Waals surface area contributed by atoms with Crippen molar-refractivity contribution in [2.24, 2.45) is 0 Å². The van der Waals surface area contributed by atoms with Crippen molar-refractivity contribution >= 4 is 13.7 Å². The molecule has 0 aliphatic rings. The number of aliphatic hydroxyl groups is 1. The van der Waals surface area contributed by atoms with E-state index in [1.54, 1.807) is 6.08 Å². The van der Waals surface area contributed by atoms with Crippen molar-refractivity contribution in [1.82, 2.24) is 11.5 Å². The number of amides is 1. The fourth-order valence-corrected chi connectivity index (χ4v) is 5.79. The van der Waals surface area contributed by atoms with E-state index in [4.69, 9.17) is 4.52 Å². The first-order valence-electron chi connectivity index (χ1n) is 18.0. The molecule has 0 aromatic heterocycles. The monoisotopic (exact) mass is 649 g/mol. The highest BCUT2D eigenvalue weighted by Crippen LogP contribution is 2.42. The summed E-state index contributed by atoms with van der Waals surface area (Å²) in [6, 6.07) is -0.821. The van der Waals surface area contributed by atoms with Crippen LogP contribution in [0.1, 0.15) is 181 Å². The molecular weight excluding hydrogens is 575 g/mol. The van der Waals surface area contributed by atoms with Crippen molar-refractivity contribution in [2.45, 2.75) is 193 Å². The number of allylic oxidation sites excluding steroid dienone is 1. The number of carbonyl (C=O) groups excluding carboxylic acids is 1. The molecule has 8 nitrogen and oxygen atoms in total. The molecule has 3 atom stereocenters. The number of hydrogen-bond donors (Lipinski definition) is 4. The van der Waals surface area contributed by atoms with Crippen LogP contribution >= 0.6 is 7.82 Å². The largest absolute Gasteiger partial charge is 0.471 e. The molecule has 6 N–H and O–H groups in total. The van der Waals surface area contributed by atoms with Gasteiger partial charge in [0.1, 0.15) is 0 Å². The van der Waals surface area contributed by atoms with E-state index in [1.807, 2.05) is 6.08 Å². The van der Waals surface area contributed by atoms with Gasteiger partial charge in [-0.25, -0.2) is 4.57 Å². The van der Waals surface area contributed by atoms with Crippen LogP contribution in [0.3, 0.4) is 0 Å². The Morgan fingerprint density at radius 1 is 0.705 bits per heavy atom. The third-order valence-electron chi connectivity index (χ3n) is 8.22. The smallest absolute Gasteiger partial charge is 0.387 e. The average molecular weight is 649 g/mol. The lowest BCUT2D eigenvalue weighted by molar-refractivity contribution is -0.123. The van der Waals surface area contributed by atoms with Crippen LogP contribution in [0.2, 0.25) is 0 Å². The second-order valence-electron chi connectivity index (χ2n) is 12.4. The number of carbonyl (C=O) groups is 1. The van der Waals surface area contributed by atoms with E-state index in [0.717, 1.165) is 39.2 Å². The minimum absolute atomic E-state index is 0. The van der Waals surface area contributed by atoms with E-state index in [0.29, 0.717) is 6.42 Å². The molecule has 0 saturated heterocycles. The Balaban J connectivity index is 0. The summed E-state index contributed by atoms with van der Waals surface area (Å²) in [6.45, 7) is 4.19. The Bertz CT molecular complexity index is 694. The number of nitrogens with one attached hydrogen (secondary N) is 1. The zero-order valence-electron chi connectivity index (χ0n) is 29.1. The molecule has 0 aromatic carbocycles. The van der Waals surface area contributed by atoms with Crippen LogP contribution in [-0.4, -0.2) is 41.8 Å². The lowest BCUT2D eigenvalue weighted by Gasteiger charge is -2.23. The molecule has 0 bridgehead atoms. The zero-order chi connectivity index (χ0) is 31.9. The third-order valence-corrected chi connectivity index (χ3v) is 9.16. The van der Waals surface area contributed by atoms with E-state index < -0.39 is 20.0 Å². The maximum Gasteiger partial charge on any atom is 0.471 e. The Kier molecular flexibility index (Phi) is 34.6. The predicted octanol–water partition coefficient (Wildman–Crippen LogP) is 10.5. The fraction of sp³-hybridized carbons (Fsp3) is 0.914. The first-order valence-corrected chi connectivity index (χ1v) is 19.5. The number of rotatable bonds is 33. The van der Waals surface area contributed by atoms with Crippen LogP contribution in [0.4, 0.5) is 0 Å². The van der Waals surface area contributed by atoms with Gasteiger partial charge in [0, 0.05) is 13.5 Å². The number of phosphoric ester groups is 1. The van der Waals surface area contributed by atoms with E-state index in [2.05, 4.69) is 23.7 Å². The van der Waals surface area contributed by atoms with Crippen LogP contribution in [0.5, 0.6) is 0 Å². The molecule has 0 saturated carbocycles. The molecule has 0 aliphatic heterocycles. The molecule has 44 heavy (non-hydrogen) atoms. The minimum Gasteiger partial charge on any atom is -0.387 e. The molecular formula is C35H73N2O6P. The Morgan fingerprint density at radius 2 is 1.09 bits per heavy atom. The van der Waals surface area contributed by atoms with Gasteiger partial charge in [-0.2, -0.15) is 0 Å². The van der Waals surface area contributed by atoms with Crippen LogP contribution in [0, 0.1) is 0 Å². The second-order valence-corrected chi connectivity index (χ2v) is 13.9. The van der Waals surface area contributed by atoms with Gasteiger partial charge in [0.2, 0.25) is 5.91 Å². The lowest BCUT2D eigenvalue weighted by Crippen LogP contribution is -2.45. The highest BCUT2D eigenvalue weighted by atomic mass is 31.2. The normalized spacial score (nSPS) is 14.3. The number of aliphatic hydroxyl groups excluding tert-OH is 1. The van der Waals surface area contributed by atoms with Crippen LogP contribution in [0.25, 0.3) is 0 Å². The predicted molar refractivity (Wildman–Crippen MR) is 186 cm³/mol. The van der Waals surface area contributed by atoms with Gasteiger partial charge in [-0.05, 0) is 19.3 Å². The minimum atomic E-state index is -4.21. The topological polar surface area (TPSA) is 140 Å². The van der Waals surface area contributed by atoms with Crippen molar-refractivity contribution in [1.29, 1.82) is 0 Å². The zero-order valence-corrected chi connectivity index (χ0v) is 30.0. The van der Waals surface area contributed by atoms with E-state index in [1.165, 1.54) is 128 Å². The molecule has 0 fully saturated rings. The standard InChI is InChI=1S/C35H70NO6P.H3N/c1-4-6-8-10-12-14-16-18-20-22-24-26-28-30-34(37)33(32-42-43(39,40)41-3)36-35(38)31-29-27-25-23-21-19-17-15-13-11-9-7-5-2;/h28,30,33-34,37H,4-27,29,31-32H2,1-3H3,(H,36,38)(H,39,40);1H3/b30-28+;/t33-,34+;/m0./s1. The second kappa shape index (κ2) is 33.6. The molecule has 0 aromatic rings. The van der Waals surface area contributed by atoms with Gasteiger partial charge in [0.15, 0.2) is 0 Å². The molecule has 1 amide bonds. The number of unbranched alkanes of at least 4 members (excludes halogenated alkanes) is 23. The Hall–Kier alpha value is -0.760. The molecule has 9 heteroatoms. The molecule has 0 aliphatic carbocycles. The summed E-state index contributed by atoms with van der Waals surface area (Å²) in [5.41, 5.74) is 0. The van der Waals surface area contributed by atoms with Gasteiger partial charge < -0.3 is 21.5 Å². The van der Waals surface area contributed by atoms with Crippen molar-refractivity contribution in [2.75, 3.05) is 13.7 Å². The summed E-state index contributed by atoms with van der Waals surface area (Å²) in [4.78, 5) is 22.2. The maximum absolute atomic E-state index is 12.6. The van der Waals surface area contributed by atoms with Crippen LogP contribution in [-0.2, 0) is 18.4 Å². The van der Waals surface area contributed by atoms with Gasteiger partial charge >= 0.3 is 7.82 Å². The van der Waals surface area contributed by atoms with E-state index in [9.17, 15) is 19.4 Å². The van der Waals surface area contributed by atoms with E-state index >= 15 is 0 Å². The molecule has 0 rings (SSSR count). The average Bonchev–Trinajstić information content (AvgIpc) is 2.99. The summed E-state index contributed by atoms with van der Waals surface area (Å²) in [5, 5.41) is 13.5. The lowest BCUT2D eigenvalue weighted by atomic mass is 10.0. The van der Waals surface area contributed by atoms with Crippen molar-refractivity contribution in [3.05, 3.63) is 12.2 Å². The molecule has 0 radical (unpaired) electrons. The van der Waals surface area contributed by atoms with Gasteiger partial charge in [-0.1, -0.05) is 167 Å². The summed E-state index contributed by atoms with van der Waals surface area (Å²) in [5.74, 6) is -0.181. The molecule has 0 spiro atoms. The van der Waals surface area contributed by atoms with Crippen molar-refractivity contribution < 1.29 is 28.4 Å². The fourth-order valence-electron chi connectivity index (χ4n) is 5.33. The van der Waals surface area contributed by atoms with Gasteiger partial charge in [-0.3, -0.25) is 13.8 Å². The molecule has 264 valence electrons. The summed E-state index contributed by atoms with van der Waals surface area (Å²) >= 11 is 0. The quantitative estimate of drug-likeness (QED) is 0.0315. The van der Waals surface area contributed by atoms with Gasteiger partial charge in [-0.15, -0.1) is 0 Å². The Morgan fingerprint density at radius 3 is 1.50 bits per heavy atom. The van der Waals surface area contributed by atoms with Crippen LogP contribution in [0.15, 0.2) is 12.2 Å². The summed E-state index contributed by atoms with van der Waals surface area (Å²) in [7, 11) is -3.12. The summed E-state index contributed by atoms with van der Waals surface area (Å²) in [6.07, 6.45) is 34.1. The highest BCUT2D eigenvalue weighted by molar-refractivity contribution is 7.47. The molecule has 1 unspecified atom stereocenters. The highest BCUT2D eigenvalue weighted by Gasteiger charge is 2.25. The third kappa shape index (κ3) is 31.2. The number of hydrogen-bond acceptors (Lipinski definition) is 6. The number of phosphoric acid groups is 1. The first kappa shape index (κ1) is 45.4. The first-order chi connectivity index (χ1) is 20.9. The summed E-state index contributed by atoms with van der Waals surface area (Å²) < 4.78 is 21.3. The van der Waals surface area contributed by atoms with Gasteiger partial charge in [0.25, 0.3) is 0 Å². The molecule has 0 heterocycles. The van der Waals surface area contributed by atoms with E-state index in [-0.39, 0.29) is 18.7 Å².